The van der Waals surface area contributed by atoms with Gasteiger partial charge < -0.3 is 4.74 Å². The second kappa shape index (κ2) is 6.64. The van der Waals surface area contributed by atoms with Gasteiger partial charge >= 0.3 is 0 Å². The van der Waals surface area contributed by atoms with Crippen molar-refractivity contribution in [2.45, 2.75) is 12.5 Å². The second-order valence-corrected chi connectivity index (χ2v) is 4.84. The molecular weight excluding hydrogens is 279 g/mol. The van der Waals surface area contributed by atoms with Gasteiger partial charge in [0.25, 0.3) is 0 Å². The van der Waals surface area contributed by atoms with Gasteiger partial charge in [-0.3, -0.25) is 4.79 Å². The molecular formula is C16H14ClFO2. The minimum Gasteiger partial charge on any atom is -0.369 e. The third kappa shape index (κ3) is 3.44. The summed E-state index contributed by atoms with van der Waals surface area (Å²) in [5.74, 6) is -0.673. The van der Waals surface area contributed by atoms with E-state index in [4.69, 9.17) is 16.3 Å². The number of hydrogen-bond acceptors (Lipinski definition) is 2. The minimum absolute atomic E-state index is 0.0313. The van der Waals surface area contributed by atoms with Gasteiger partial charge in [0.1, 0.15) is 11.9 Å². The number of methoxy groups -OCH3 is 1. The molecule has 0 aliphatic rings. The highest BCUT2D eigenvalue weighted by atomic mass is 35.5. The highest BCUT2D eigenvalue weighted by molar-refractivity contribution is 6.30. The Morgan fingerprint density at radius 3 is 2.55 bits per heavy atom. The maximum atomic E-state index is 13.7. The molecule has 0 aliphatic heterocycles. The molecule has 0 saturated carbocycles. The molecule has 0 fully saturated rings. The van der Waals surface area contributed by atoms with Gasteiger partial charge in [0, 0.05) is 18.6 Å². The lowest BCUT2D eigenvalue weighted by molar-refractivity contribution is -0.128. The summed E-state index contributed by atoms with van der Waals surface area (Å²) >= 11 is 5.69. The summed E-state index contributed by atoms with van der Waals surface area (Å²) in [5.41, 5.74) is 1.08. The first kappa shape index (κ1) is 14.7. The highest BCUT2D eigenvalue weighted by Crippen LogP contribution is 2.21. The van der Waals surface area contributed by atoms with E-state index < -0.39 is 11.9 Å². The van der Waals surface area contributed by atoms with Crippen LogP contribution in [0.3, 0.4) is 0 Å². The van der Waals surface area contributed by atoms with E-state index in [0.717, 1.165) is 5.56 Å². The van der Waals surface area contributed by atoms with Crippen molar-refractivity contribution in [1.82, 2.24) is 0 Å². The van der Waals surface area contributed by atoms with E-state index in [2.05, 4.69) is 0 Å². The Bertz CT molecular complexity index is 599. The second-order valence-electron chi connectivity index (χ2n) is 4.41. The van der Waals surface area contributed by atoms with Crippen molar-refractivity contribution < 1.29 is 13.9 Å². The molecule has 0 radical (unpaired) electrons. The van der Waals surface area contributed by atoms with Gasteiger partial charge in [-0.25, -0.2) is 4.39 Å². The van der Waals surface area contributed by atoms with Crippen LogP contribution in [-0.4, -0.2) is 12.9 Å². The lowest BCUT2D eigenvalue weighted by atomic mass is 9.99. The Hall–Kier alpha value is -1.71. The third-order valence-electron chi connectivity index (χ3n) is 3.01. The molecule has 0 N–H and O–H groups in total. The number of hydrogen-bond donors (Lipinski definition) is 0. The number of ketones is 1. The Morgan fingerprint density at radius 1 is 1.25 bits per heavy atom. The standard InChI is InChI=1S/C16H14ClFO2/c1-20-16(11-5-3-2-4-6-11)15(19)9-12-7-8-13(17)10-14(12)18/h2-8,10,16H,9H2,1H3. The van der Waals surface area contributed by atoms with Gasteiger partial charge in [-0.2, -0.15) is 0 Å². The van der Waals surface area contributed by atoms with Crippen molar-refractivity contribution in [1.29, 1.82) is 0 Å². The third-order valence-corrected chi connectivity index (χ3v) is 3.25. The predicted octanol–water partition coefficient (Wildman–Crippen LogP) is 3.98. The van der Waals surface area contributed by atoms with Gasteiger partial charge in [-0.1, -0.05) is 48.0 Å². The summed E-state index contributed by atoms with van der Waals surface area (Å²) in [6, 6.07) is 13.4. The van der Waals surface area contributed by atoms with E-state index in [-0.39, 0.29) is 12.2 Å². The zero-order valence-corrected chi connectivity index (χ0v) is 11.7. The number of rotatable bonds is 5. The van der Waals surface area contributed by atoms with Crippen LogP contribution in [0.25, 0.3) is 0 Å². The van der Waals surface area contributed by atoms with Crippen LogP contribution in [0.15, 0.2) is 48.5 Å². The number of halogens is 2. The van der Waals surface area contributed by atoms with Crippen LogP contribution >= 0.6 is 11.6 Å². The van der Waals surface area contributed by atoms with Crippen LogP contribution < -0.4 is 0 Å². The summed E-state index contributed by atoms with van der Waals surface area (Å²) < 4.78 is 18.9. The lowest BCUT2D eigenvalue weighted by Crippen LogP contribution is -2.17. The molecule has 104 valence electrons. The predicted molar refractivity (Wildman–Crippen MR) is 76.3 cm³/mol. The Kier molecular flexibility index (Phi) is 4.88. The van der Waals surface area contributed by atoms with Crippen molar-refractivity contribution >= 4 is 17.4 Å². The van der Waals surface area contributed by atoms with E-state index in [9.17, 15) is 9.18 Å². The lowest BCUT2D eigenvalue weighted by Gasteiger charge is -2.14. The Morgan fingerprint density at radius 2 is 1.95 bits per heavy atom. The number of carbonyl (C=O) groups is 1. The Labute approximate surface area is 122 Å². The van der Waals surface area contributed by atoms with Gasteiger partial charge in [0.2, 0.25) is 0 Å². The minimum atomic E-state index is -0.689. The molecule has 0 heterocycles. The van der Waals surface area contributed by atoms with Crippen LogP contribution in [-0.2, 0) is 16.0 Å². The fourth-order valence-electron chi connectivity index (χ4n) is 2.03. The summed E-state index contributed by atoms with van der Waals surface area (Å²) in [6.07, 6.45) is -0.720. The smallest absolute Gasteiger partial charge is 0.170 e. The molecule has 20 heavy (non-hydrogen) atoms. The molecule has 2 nitrogen and oxygen atoms in total. The maximum absolute atomic E-state index is 13.7. The van der Waals surface area contributed by atoms with Crippen LogP contribution in [0.1, 0.15) is 17.2 Å². The molecule has 2 rings (SSSR count). The molecule has 0 saturated heterocycles. The van der Waals surface area contributed by atoms with E-state index in [0.29, 0.717) is 10.6 Å². The van der Waals surface area contributed by atoms with E-state index in [1.54, 1.807) is 6.07 Å². The molecule has 0 aliphatic carbocycles. The molecule has 1 atom stereocenters. The number of carbonyl (C=O) groups excluding carboxylic acids is 1. The molecule has 0 spiro atoms. The van der Waals surface area contributed by atoms with Crippen LogP contribution in [0.4, 0.5) is 4.39 Å². The largest absolute Gasteiger partial charge is 0.369 e. The summed E-state index contributed by atoms with van der Waals surface area (Å²) in [6.45, 7) is 0. The highest BCUT2D eigenvalue weighted by Gasteiger charge is 2.21. The van der Waals surface area contributed by atoms with Crippen molar-refractivity contribution in [2.24, 2.45) is 0 Å². The molecule has 1 unspecified atom stereocenters. The zero-order chi connectivity index (χ0) is 14.5. The van der Waals surface area contributed by atoms with Crippen molar-refractivity contribution in [3.05, 3.63) is 70.5 Å². The summed E-state index contributed by atoms with van der Waals surface area (Å²) in [5, 5.41) is 0.310. The first-order chi connectivity index (χ1) is 9.61. The SMILES string of the molecule is COC(C(=O)Cc1ccc(Cl)cc1F)c1ccccc1. The van der Waals surface area contributed by atoms with Crippen LogP contribution in [0.2, 0.25) is 5.02 Å². The molecule has 2 aromatic carbocycles. The summed E-state index contributed by atoms with van der Waals surface area (Å²) in [7, 11) is 1.47. The number of Topliss-reactive ketones (excluding diaryl/α,β-unsaturated/α-hetero) is 1. The average Bonchev–Trinajstić information content (AvgIpc) is 2.44. The Balaban J connectivity index is 2.18. The molecule has 0 amide bonds. The fraction of sp³-hybridized carbons (Fsp3) is 0.188. The monoisotopic (exact) mass is 292 g/mol. The normalized spacial score (nSPS) is 12.2. The van der Waals surface area contributed by atoms with Crippen LogP contribution in [0.5, 0.6) is 0 Å². The maximum Gasteiger partial charge on any atom is 0.170 e. The molecule has 4 heteroatoms. The van der Waals surface area contributed by atoms with Crippen molar-refractivity contribution in [2.75, 3.05) is 7.11 Å². The van der Waals surface area contributed by atoms with Crippen LogP contribution in [0, 0.1) is 5.82 Å². The fourth-order valence-corrected chi connectivity index (χ4v) is 2.19. The van der Waals surface area contributed by atoms with E-state index >= 15 is 0 Å². The topological polar surface area (TPSA) is 26.3 Å². The first-order valence-corrected chi connectivity index (χ1v) is 6.54. The number of benzene rings is 2. The van der Waals surface area contributed by atoms with E-state index in [1.165, 1.54) is 19.2 Å². The number of ether oxygens (including phenoxy) is 1. The van der Waals surface area contributed by atoms with Gasteiger partial charge in [-0.05, 0) is 23.3 Å². The molecule has 0 bridgehead atoms. The average molecular weight is 293 g/mol. The zero-order valence-electron chi connectivity index (χ0n) is 11.0. The summed E-state index contributed by atoms with van der Waals surface area (Å²) in [4.78, 5) is 12.3. The van der Waals surface area contributed by atoms with Crippen molar-refractivity contribution in [3.63, 3.8) is 0 Å². The molecule has 2 aromatic rings. The first-order valence-electron chi connectivity index (χ1n) is 6.16. The van der Waals surface area contributed by atoms with Gasteiger partial charge in [0.05, 0.1) is 0 Å². The van der Waals surface area contributed by atoms with Crippen molar-refractivity contribution in [3.8, 4) is 0 Å². The quantitative estimate of drug-likeness (QED) is 0.833. The van der Waals surface area contributed by atoms with Gasteiger partial charge in [0.15, 0.2) is 5.78 Å². The van der Waals surface area contributed by atoms with E-state index in [1.807, 2.05) is 30.3 Å². The van der Waals surface area contributed by atoms with Gasteiger partial charge in [-0.15, -0.1) is 0 Å². The molecule has 0 aromatic heterocycles.